The molecular formula is C23H35NO3. The second-order valence-corrected chi connectivity index (χ2v) is 10.2. The number of hydrogen-bond acceptors (Lipinski definition) is 4. The fraction of sp³-hybridized carbons (Fsp3) is 0.826. The summed E-state index contributed by atoms with van der Waals surface area (Å²) >= 11 is 0. The van der Waals surface area contributed by atoms with Gasteiger partial charge in [0.15, 0.2) is 0 Å². The highest BCUT2D eigenvalue weighted by atomic mass is 16.5. The van der Waals surface area contributed by atoms with Crippen LogP contribution in [0.1, 0.15) is 79.1 Å². The topological polar surface area (TPSA) is 58.9 Å². The molecule has 3 fully saturated rings. The molecule has 27 heavy (non-hydrogen) atoms. The molecule has 0 bridgehead atoms. The minimum Gasteiger partial charge on any atom is -0.463 e. The number of carbonyl (C=O) groups excluding carboxylic acids is 1. The van der Waals surface area contributed by atoms with E-state index in [2.05, 4.69) is 25.1 Å². The van der Waals surface area contributed by atoms with Crippen molar-refractivity contribution in [1.82, 2.24) is 0 Å². The van der Waals surface area contributed by atoms with Gasteiger partial charge in [-0.2, -0.15) is 0 Å². The monoisotopic (exact) mass is 373 g/mol. The third kappa shape index (κ3) is 2.86. The molecule has 4 nitrogen and oxygen atoms in total. The van der Waals surface area contributed by atoms with Gasteiger partial charge in [0, 0.05) is 6.92 Å². The first-order valence-corrected chi connectivity index (χ1v) is 10.9. The summed E-state index contributed by atoms with van der Waals surface area (Å²) in [5.74, 6) is 2.81. The van der Waals surface area contributed by atoms with Gasteiger partial charge >= 0.3 is 5.97 Å². The first-order chi connectivity index (χ1) is 12.8. The van der Waals surface area contributed by atoms with Crippen LogP contribution >= 0.6 is 0 Å². The standard InChI is InChI=1S/C23H35NO3/c1-14(24-26)19-7-8-20-18-6-5-16-13-17(27-15(2)25)9-11-22(16,3)21(18)10-12-23(19,20)4/h7,16-18,20-21,26H,5-6,8-13H2,1-4H3/b24-14+/t16-,17-,18+,20-,21+,22-,23-/m0/s1. The van der Waals surface area contributed by atoms with Gasteiger partial charge in [-0.15, -0.1) is 0 Å². The zero-order valence-corrected chi connectivity index (χ0v) is 17.3. The summed E-state index contributed by atoms with van der Waals surface area (Å²) in [6, 6.07) is 0. The second kappa shape index (κ2) is 6.63. The highest BCUT2D eigenvalue weighted by Gasteiger charge is 2.59. The minimum atomic E-state index is -0.129. The van der Waals surface area contributed by atoms with E-state index in [0.717, 1.165) is 36.8 Å². The van der Waals surface area contributed by atoms with Crippen molar-refractivity contribution in [2.75, 3.05) is 0 Å². The molecule has 0 amide bonds. The van der Waals surface area contributed by atoms with Crippen LogP contribution in [0.2, 0.25) is 0 Å². The van der Waals surface area contributed by atoms with Crippen LogP contribution in [0.25, 0.3) is 0 Å². The van der Waals surface area contributed by atoms with E-state index in [4.69, 9.17) is 4.74 Å². The van der Waals surface area contributed by atoms with Crippen LogP contribution in [0, 0.1) is 34.5 Å². The fourth-order valence-electron chi connectivity index (χ4n) is 7.74. The second-order valence-electron chi connectivity index (χ2n) is 10.2. The van der Waals surface area contributed by atoms with E-state index in [1.165, 1.54) is 44.6 Å². The van der Waals surface area contributed by atoms with Gasteiger partial charge in [0.05, 0.1) is 5.71 Å². The lowest BCUT2D eigenvalue weighted by Crippen LogP contribution is -2.54. The van der Waals surface area contributed by atoms with E-state index >= 15 is 0 Å². The molecule has 0 heterocycles. The summed E-state index contributed by atoms with van der Waals surface area (Å²) < 4.78 is 5.58. The predicted molar refractivity (Wildman–Crippen MR) is 106 cm³/mol. The first-order valence-electron chi connectivity index (χ1n) is 10.9. The average molecular weight is 374 g/mol. The van der Waals surface area contributed by atoms with Crippen molar-refractivity contribution < 1.29 is 14.7 Å². The van der Waals surface area contributed by atoms with Crippen molar-refractivity contribution in [2.24, 2.45) is 39.7 Å². The maximum atomic E-state index is 11.4. The minimum absolute atomic E-state index is 0.129. The van der Waals surface area contributed by atoms with E-state index in [-0.39, 0.29) is 17.5 Å². The maximum absolute atomic E-state index is 11.4. The van der Waals surface area contributed by atoms with E-state index < -0.39 is 0 Å². The van der Waals surface area contributed by atoms with Gasteiger partial charge in [-0.1, -0.05) is 25.1 Å². The fourth-order valence-corrected chi connectivity index (χ4v) is 7.74. The van der Waals surface area contributed by atoms with Gasteiger partial charge in [0.2, 0.25) is 0 Å². The molecule has 4 rings (SSSR count). The molecule has 0 spiro atoms. The molecule has 0 aromatic heterocycles. The number of nitrogens with zero attached hydrogens (tertiary/aromatic N) is 1. The summed E-state index contributed by atoms with van der Waals surface area (Å²) in [5.41, 5.74) is 2.67. The van der Waals surface area contributed by atoms with Gasteiger partial charge in [0.1, 0.15) is 6.10 Å². The lowest BCUT2D eigenvalue weighted by molar-refractivity contribution is -0.158. The summed E-state index contributed by atoms with van der Waals surface area (Å²) in [6.45, 7) is 8.42. The molecule has 1 N–H and O–H groups in total. The molecule has 0 radical (unpaired) electrons. The number of carbonyl (C=O) groups is 1. The van der Waals surface area contributed by atoms with E-state index in [9.17, 15) is 10.0 Å². The molecule has 4 aliphatic rings. The Hall–Kier alpha value is -1.32. The van der Waals surface area contributed by atoms with Crippen LogP contribution in [0.3, 0.4) is 0 Å². The molecule has 150 valence electrons. The highest BCUT2D eigenvalue weighted by molar-refractivity contribution is 5.99. The quantitative estimate of drug-likeness (QED) is 0.307. The van der Waals surface area contributed by atoms with Gasteiger partial charge in [0.25, 0.3) is 0 Å². The predicted octanol–water partition coefficient (Wildman–Crippen LogP) is 5.35. The van der Waals surface area contributed by atoms with E-state index in [0.29, 0.717) is 17.3 Å². The first kappa shape index (κ1) is 19.0. The van der Waals surface area contributed by atoms with E-state index in [1.54, 1.807) is 0 Å². The van der Waals surface area contributed by atoms with Crippen molar-refractivity contribution in [3.8, 4) is 0 Å². The molecule has 0 unspecified atom stereocenters. The zero-order chi connectivity index (χ0) is 19.4. The molecule has 0 aromatic carbocycles. The molecule has 4 aliphatic carbocycles. The number of fused-ring (bicyclic) bond motifs is 5. The maximum Gasteiger partial charge on any atom is 0.302 e. The van der Waals surface area contributed by atoms with Gasteiger partial charge < -0.3 is 9.94 Å². The van der Waals surface area contributed by atoms with Crippen molar-refractivity contribution >= 4 is 11.7 Å². The van der Waals surface area contributed by atoms with Gasteiger partial charge in [-0.05, 0) is 98.4 Å². The third-order valence-corrected chi connectivity index (χ3v) is 9.07. The van der Waals surface area contributed by atoms with Crippen LogP contribution < -0.4 is 0 Å². The van der Waals surface area contributed by atoms with E-state index in [1.807, 2.05) is 6.92 Å². The van der Waals surface area contributed by atoms with Crippen molar-refractivity contribution in [3.05, 3.63) is 11.6 Å². The Bertz CT molecular complexity index is 683. The molecule has 4 heteroatoms. The Morgan fingerprint density at radius 2 is 1.93 bits per heavy atom. The van der Waals surface area contributed by atoms with Crippen molar-refractivity contribution in [2.45, 2.75) is 85.2 Å². The summed E-state index contributed by atoms with van der Waals surface area (Å²) in [6.07, 6.45) is 11.9. The normalized spacial score (nSPS) is 46.7. The SMILES string of the molecule is CC(=O)O[C@H]1CC[C@@]2(C)[C@@H](CC[C@H]3[C@H]2CC[C@@]2(C)C(/C(C)=N/O)=CC[C@@H]32)C1. The van der Waals surface area contributed by atoms with Gasteiger partial charge in [-0.25, -0.2) is 0 Å². The number of ether oxygens (including phenoxy) is 1. The molecule has 0 aliphatic heterocycles. The Labute approximate surface area is 163 Å². The molecule has 0 aromatic rings. The zero-order valence-electron chi connectivity index (χ0n) is 17.3. The average Bonchev–Trinajstić information content (AvgIpc) is 2.98. The third-order valence-electron chi connectivity index (χ3n) is 9.07. The molecular weight excluding hydrogens is 338 g/mol. The number of esters is 1. The Morgan fingerprint density at radius 1 is 1.15 bits per heavy atom. The Morgan fingerprint density at radius 3 is 2.63 bits per heavy atom. The lowest BCUT2D eigenvalue weighted by atomic mass is 9.44. The number of allylic oxidation sites excluding steroid dienone is 2. The summed E-state index contributed by atoms with van der Waals surface area (Å²) in [7, 11) is 0. The number of hydrogen-bond donors (Lipinski definition) is 1. The number of rotatable bonds is 2. The smallest absolute Gasteiger partial charge is 0.302 e. The van der Waals surface area contributed by atoms with Crippen LogP contribution in [-0.2, 0) is 9.53 Å². The van der Waals surface area contributed by atoms with Crippen LogP contribution in [0.15, 0.2) is 16.8 Å². The summed E-state index contributed by atoms with van der Waals surface area (Å²) in [4.78, 5) is 11.4. The van der Waals surface area contributed by atoms with Crippen molar-refractivity contribution in [1.29, 1.82) is 0 Å². The van der Waals surface area contributed by atoms with Crippen LogP contribution in [0.5, 0.6) is 0 Å². The summed E-state index contributed by atoms with van der Waals surface area (Å²) in [5, 5.41) is 12.9. The lowest BCUT2D eigenvalue weighted by Gasteiger charge is -2.60. The van der Waals surface area contributed by atoms with Gasteiger partial charge in [-0.3, -0.25) is 4.79 Å². The molecule has 7 atom stereocenters. The van der Waals surface area contributed by atoms with Crippen molar-refractivity contribution in [3.63, 3.8) is 0 Å². The van der Waals surface area contributed by atoms with Crippen LogP contribution in [0.4, 0.5) is 0 Å². The molecule has 0 saturated heterocycles. The number of oxime groups is 1. The van der Waals surface area contributed by atoms with Crippen LogP contribution in [-0.4, -0.2) is 23.0 Å². The highest BCUT2D eigenvalue weighted by Crippen LogP contribution is 2.66. The Balaban J connectivity index is 1.54. The Kier molecular flexibility index (Phi) is 4.67. The molecule has 3 saturated carbocycles. The largest absolute Gasteiger partial charge is 0.463 e.